The first-order valence-electron chi connectivity index (χ1n) is 4.57. The zero-order chi connectivity index (χ0) is 11.1. The minimum absolute atomic E-state index is 0. The lowest BCUT2D eigenvalue weighted by Gasteiger charge is -2.10. The minimum Gasteiger partial charge on any atom is -0.322 e. The molecule has 1 saturated carbocycles. The van der Waals surface area contributed by atoms with Gasteiger partial charge in [0, 0.05) is 4.47 Å². The maximum absolute atomic E-state index is 13.3. The first-order valence-corrected chi connectivity index (χ1v) is 5.36. The average Bonchev–Trinajstić information content (AvgIpc) is 2.90. The van der Waals surface area contributed by atoms with Crippen molar-refractivity contribution in [3.05, 3.63) is 28.5 Å². The van der Waals surface area contributed by atoms with Crippen molar-refractivity contribution < 1.29 is 9.18 Å². The van der Waals surface area contributed by atoms with E-state index in [1.165, 1.54) is 12.1 Å². The Balaban J connectivity index is 0.00000128. The molecule has 1 fully saturated rings. The Hall–Kier alpha value is -0.650. The van der Waals surface area contributed by atoms with Crippen molar-refractivity contribution in [2.24, 2.45) is 5.73 Å². The molecular formula is C10H11BrClFN2O. The van der Waals surface area contributed by atoms with E-state index >= 15 is 0 Å². The summed E-state index contributed by atoms with van der Waals surface area (Å²) in [5.41, 5.74) is 5.06. The number of anilines is 1. The quantitative estimate of drug-likeness (QED) is 0.881. The van der Waals surface area contributed by atoms with Crippen molar-refractivity contribution in [3.63, 3.8) is 0 Å². The van der Waals surface area contributed by atoms with Crippen LogP contribution in [0.15, 0.2) is 22.7 Å². The van der Waals surface area contributed by atoms with E-state index < -0.39 is 11.4 Å². The third-order valence-corrected chi connectivity index (χ3v) is 2.91. The van der Waals surface area contributed by atoms with E-state index in [9.17, 15) is 9.18 Å². The summed E-state index contributed by atoms with van der Waals surface area (Å²) >= 11 is 3.14. The van der Waals surface area contributed by atoms with Crippen LogP contribution >= 0.6 is 28.3 Å². The molecule has 1 aromatic rings. The van der Waals surface area contributed by atoms with Crippen molar-refractivity contribution >= 4 is 39.9 Å². The molecule has 0 aliphatic heterocycles. The fourth-order valence-electron chi connectivity index (χ4n) is 1.20. The van der Waals surface area contributed by atoms with Gasteiger partial charge in [-0.3, -0.25) is 4.79 Å². The predicted octanol–water partition coefficient (Wildman–Crippen LogP) is 2.44. The second kappa shape index (κ2) is 4.69. The van der Waals surface area contributed by atoms with E-state index in [4.69, 9.17) is 5.73 Å². The van der Waals surface area contributed by atoms with Crippen LogP contribution in [0.5, 0.6) is 0 Å². The summed E-state index contributed by atoms with van der Waals surface area (Å²) in [4.78, 5) is 11.5. The number of hydrogen-bond donors (Lipinski definition) is 2. The SMILES string of the molecule is Cl.NC1(C(=O)Nc2ccc(Br)cc2F)CC1. The molecular weight excluding hydrogens is 298 g/mol. The summed E-state index contributed by atoms with van der Waals surface area (Å²) in [7, 11) is 0. The van der Waals surface area contributed by atoms with Crippen LogP contribution in [0.4, 0.5) is 10.1 Å². The average molecular weight is 310 g/mol. The van der Waals surface area contributed by atoms with Crippen molar-refractivity contribution in [3.8, 4) is 0 Å². The molecule has 6 heteroatoms. The van der Waals surface area contributed by atoms with Gasteiger partial charge < -0.3 is 11.1 Å². The molecule has 2 rings (SSSR count). The molecule has 88 valence electrons. The largest absolute Gasteiger partial charge is 0.322 e. The van der Waals surface area contributed by atoms with Gasteiger partial charge in [-0.15, -0.1) is 12.4 Å². The van der Waals surface area contributed by atoms with Crippen molar-refractivity contribution in [2.75, 3.05) is 5.32 Å². The number of nitrogens with two attached hydrogens (primary N) is 1. The van der Waals surface area contributed by atoms with Gasteiger partial charge in [-0.2, -0.15) is 0 Å². The molecule has 0 unspecified atom stereocenters. The lowest BCUT2D eigenvalue weighted by atomic mass is 10.2. The second-order valence-corrected chi connectivity index (χ2v) is 4.65. The molecule has 3 N–H and O–H groups in total. The highest BCUT2D eigenvalue weighted by atomic mass is 79.9. The number of carbonyl (C=O) groups excluding carboxylic acids is 1. The molecule has 0 aromatic heterocycles. The van der Waals surface area contributed by atoms with Gasteiger partial charge in [0.15, 0.2) is 0 Å². The number of carbonyl (C=O) groups is 1. The summed E-state index contributed by atoms with van der Waals surface area (Å²) in [6, 6.07) is 4.46. The summed E-state index contributed by atoms with van der Waals surface area (Å²) in [6.45, 7) is 0. The molecule has 1 aromatic carbocycles. The number of rotatable bonds is 2. The number of benzene rings is 1. The number of hydrogen-bond acceptors (Lipinski definition) is 2. The molecule has 1 amide bonds. The summed E-state index contributed by atoms with van der Waals surface area (Å²) in [5, 5.41) is 2.48. The molecule has 1 aliphatic rings. The smallest absolute Gasteiger partial charge is 0.244 e. The van der Waals surface area contributed by atoms with E-state index in [0.717, 1.165) is 0 Å². The Bertz CT molecular complexity index is 423. The van der Waals surface area contributed by atoms with Gasteiger partial charge in [0.2, 0.25) is 5.91 Å². The van der Waals surface area contributed by atoms with Crippen LogP contribution in [0.3, 0.4) is 0 Å². The highest BCUT2D eigenvalue weighted by Crippen LogP contribution is 2.33. The van der Waals surface area contributed by atoms with E-state index in [1.807, 2.05) is 0 Å². The van der Waals surface area contributed by atoms with Crippen LogP contribution in [0.25, 0.3) is 0 Å². The van der Waals surface area contributed by atoms with E-state index in [-0.39, 0.29) is 24.0 Å². The van der Waals surface area contributed by atoms with Gasteiger partial charge in [0.25, 0.3) is 0 Å². The third kappa shape index (κ3) is 2.72. The number of amides is 1. The maximum Gasteiger partial charge on any atom is 0.244 e. The molecule has 0 saturated heterocycles. The van der Waals surface area contributed by atoms with Gasteiger partial charge >= 0.3 is 0 Å². The van der Waals surface area contributed by atoms with Gasteiger partial charge in [-0.1, -0.05) is 15.9 Å². The Morgan fingerprint density at radius 1 is 1.50 bits per heavy atom. The molecule has 16 heavy (non-hydrogen) atoms. The van der Waals surface area contributed by atoms with Crippen molar-refractivity contribution in [2.45, 2.75) is 18.4 Å². The topological polar surface area (TPSA) is 55.1 Å². The molecule has 0 bridgehead atoms. The molecule has 0 radical (unpaired) electrons. The molecule has 0 heterocycles. The van der Waals surface area contributed by atoms with Gasteiger partial charge in [-0.05, 0) is 31.0 Å². The zero-order valence-corrected chi connectivity index (χ0v) is 10.7. The Kier molecular flexibility index (Phi) is 3.93. The van der Waals surface area contributed by atoms with Crippen LogP contribution in [0, 0.1) is 5.82 Å². The Morgan fingerprint density at radius 3 is 2.62 bits per heavy atom. The van der Waals surface area contributed by atoms with Crippen molar-refractivity contribution in [1.82, 2.24) is 0 Å². The molecule has 0 atom stereocenters. The number of halogens is 3. The normalized spacial score (nSPS) is 16.2. The van der Waals surface area contributed by atoms with E-state index in [1.54, 1.807) is 6.07 Å². The summed E-state index contributed by atoms with van der Waals surface area (Å²) < 4.78 is 14.0. The fourth-order valence-corrected chi connectivity index (χ4v) is 1.53. The summed E-state index contributed by atoms with van der Waals surface area (Å²) in [6.07, 6.45) is 1.33. The first-order chi connectivity index (χ1) is 7.01. The van der Waals surface area contributed by atoms with E-state index in [0.29, 0.717) is 17.3 Å². The van der Waals surface area contributed by atoms with Gasteiger partial charge in [-0.25, -0.2) is 4.39 Å². The zero-order valence-electron chi connectivity index (χ0n) is 8.30. The predicted molar refractivity (Wildman–Crippen MR) is 66.1 cm³/mol. The highest BCUT2D eigenvalue weighted by Gasteiger charge is 2.46. The second-order valence-electron chi connectivity index (χ2n) is 3.73. The first kappa shape index (κ1) is 13.4. The third-order valence-electron chi connectivity index (χ3n) is 2.42. The Labute approximate surface area is 107 Å². The highest BCUT2D eigenvalue weighted by molar-refractivity contribution is 9.10. The van der Waals surface area contributed by atoms with Crippen LogP contribution in [0.2, 0.25) is 0 Å². The number of nitrogens with one attached hydrogen (secondary N) is 1. The van der Waals surface area contributed by atoms with Gasteiger partial charge in [0.05, 0.1) is 11.2 Å². The lowest BCUT2D eigenvalue weighted by Crippen LogP contribution is -2.38. The van der Waals surface area contributed by atoms with Gasteiger partial charge in [0.1, 0.15) is 5.82 Å². The summed E-state index contributed by atoms with van der Waals surface area (Å²) in [5.74, 6) is -0.786. The lowest BCUT2D eigenvalue weighted by molar-refractivity contribution is -0.118. The maximum atomic E-state index is 13.3. The van der Waals surface area contributed by atoms with Crippen LogP contribution in [-0.4, -0.2) is 11.4 Å². The molecule has 3 nitrogen and oxygen atoms in total. The molecule has 0 spiro atoms. The van der Waals surface area contributed by atoms with Crippen LogP contribution in [0.1, 0.15) is 12.8 Å². The fraction of sp³-hybridized carbons (Fsp3) is 0.300. The monoisotopic (exact) mass is 308 g/mol. The Morgan fingerprint density at radius 2 is 2.12 bits per heavy atom. The minimum atomic E-state index is -0.778. The van der Waals surface area contributed by atoms with Crippen LogP contribution in [-0.2, 0) is 4.79 Å². The molecule has 1 aliphatic carbocycles. The standard InChI is InChI=1S/C10H10BrFN2O.ClH/c11-6-1-2-8(7(12)5-6)14-9(15)10(13)3-4-10;/h1-2,5H,3-4,13H2,(H,14,15);1H. The van der Waals surface area contributed by atoms with Crippen molar-refractivity contribution in [1.29, 1.82) is 0 Å². The van der Waals surface area contributed by atoms with Crippen LogP contribution < -0.4 is 11.1 Å². The van der Waals surface area contributed by atoms with E-state index in [2.05, 4.69) is 21.2 Å².